The average Bonchev–Trinajstić information content (AvgIpc) is 2.85. The number of rotatable bonds is 5. The Balaban J connectivity index is 2.15. The lowest BCUT2D eigenvalue weighted by Gasteiger charge is -2.23. The number of nitrogens with one attached hydrogen (secondary N) is 1. The van der Waals surface area contributed by atoms with Crippen LogP contribution < -0.4 is 27.9 Å². The molecule has 0 aliphatic rings. The van der Waals surface area contributed by atoms with Crippen LogP contribution in [0, 0.1) is 16.3 Å². The minimum Gasteiger partial charge on any atom is -0.369 e. The van der Waals surface area contributed by atoms with Gasteiger partial charge in [0.15, 0.2) is 0 Å². The van der Waals surface area contributed by atoms with Crippen LogP contribution in [0.1, 0.15) is 25.0 Å². The van der Waals surface area contributed by atoms with Crippen LogP contribution in [0.2, 0.25) is 0 Å². The van der Waals surface area contributed by atoms with Gasteiger partial charge in [-0.05, 0) is 79.3 Å². The third-order valence-corrected chi connectivity index (χ3v) is 7.31. The van der Waals surface area contributed by atoms with Gasteiger partial charge in [-0.2, -0.15) is 0 Å². The highest BCUT2D eigenvalue weighted by atomic mass is 127. The van der Waals surface area contributed by atoms with Gasteiger partial charge in [-0.15, -0.1) is 0 Å². The normalized spacial score (nSPS) is 11.6. The van der Waals surface area contributed by atoms with Gasteiger partial charge in [-0.3, -0.25) is 28.1 Å². The van der Waals surface area contributed by atoms with Gasteiger partial charge >= 0.3 is 5.69 Å². The number of halogens is 2. The first-order chi connectivity index (χ1) is 17.3. The fourth-order valence-corrected chi connectivity index (χ4v) is 4.64. The van der Waals surface area contributed by atoms with Crippen molar-refractivity contribution >= 4 is 50.9 Å². The van der Waals surface area contributed by atoms with Crippen molar-refractivity contribution in [3.63, 3.8) is 0 Å². The van der Waals surface area contributed by atoms with E-state index in [1.807, 2.05) is 22.6 Å². The number of pyridine rings is 1. The largest absolute Gasteiger partial charge is 0.369 e. The Bertz CT molecular complexity index is 1790. The van der Waals surface area contributed by atoms with Crippen LogP contribution in [0.3, 0.4) is 0 Å². The van der Waals surface area contributed by atoms with E-state index in [0.29, 0.717) is 14.8 Å². The van der Waals surface area contributed by atoms with Crippen LogP contribution in [0.4, 0.5) is 15.9 Å². The van der Waals surface area contributed by atoms with Crippen LogP contribution in [0.5, 0.6) is 0 Å². The number of nitrogens with two attached hydrogens (primary N) is 1. The number of aryl methyl sites for hydroxylation is 1. The summed E-state index contributed by atoms with van der Waals surface area (Å²) in [5, 5.41) is 2.92. The summed E-state index contributed by atoms with van der Waals surface area (Å²) in [6.07, 6.45) is 0. The Morgan fingerprint density at radius 1 is 1.03 bits per heavy atom. The van der Waals surface area contributed by atoms with Crippen LogP contribution in [0.25, 0.3) is 16.6 Å². The molecule has 0 unspecified atom stereocenters. The number of primary amides is 1. The summed E-state index contributed by atoms with van der Waals surface area (Å²) < 4.78 is 18.8. The summed E-state index contributed by atoms with van der Waals surface area (Å²) >= 11 is 1.98. The molecule has 0 radical (unpaired) electrons. The summed E-state index contributed by atoms with van der Waals surface area (Å²) in [4.78, 5) is 52.3. The molecule has 0 bridgehead atoms. The molecule has 2 aromatic carbocycles. The maximum Gasteiger partial charge on any atom is 0.335 e. The molecule has 0 aliphatic carbocycles. The molecular formula is C26H25FIN5O4. The van der Waals surface area contributed by atoms with Gasteiger partial charge in [-0.1, -0.05) is 12.1 Å². The smallest absolute Gasteiger partial charge is 0.335 e. The van der Waals surface area contributed by atoms with Crippen molar-refractivity contribution < 1.29 is 9.18 Å². The fraction of sp³-hybridized carbons (Fsp3) is 0.231. The molecule has 1 amide bonds. The minimum absolute atomic E-state index is 0.0271. The number of anilines is 2. The van der Waals surface area contributed by atoms with Gasteiger partial charge < -0.3 is 11.1 Å². The molecule has 0 saturated heterocycles. The molecule has 0 atom stereocenters. The molecule has 0 saturated carbocycles. The third kappa shape index (κ3) is 4.26. The second kappa shape index (κ2) is 9.29. The van der Waals surface area contributed by atoms with E-state index in [9.17, 15) is 23.6 Å². The second-order valence-corrected chi connectivity index (χ2v) is 10.6. The lowest BCUT2D eigenvalue weighted by Crippen LogP contribution is -2.40. The Kier molecular flexibility index (Phi) is 6.61. The molecule has 4 rings (SSSR count). The first kappa shape index (κ1) is 26.3. The first-order valence-electron chi connectivity index (χ1n) is 11.3. The summed E-state index contributed by atoms with van der Waals surface area (Å²) in [6, 6.07) is 11.1. The molecule has 2 heterocycles. The van der Waals surface area contributed by atoms with Crippen LogP contribution in [0.15, 0.2) is 56.8 Å². The molecule has 0 spiro atoms. The Hall–Kier alpha value is -3.74. The maximum atomic E-state index is 14.7. The number of hydrogen-bond acceptors (Lipinski definition) is 5. The molecular weight excluding hydrogens is 592 g/mol. The van der Waals surface area contributed by atoms with Crippen molar-refractivity contribution in [1.29, 1.82) is 0 Å². The predicted octanol–water partition coefficient (Wildman–Crippen LogP) is 2.95. The molecule has 0 fully saturated rings. The topological polar surface area (TPSA) is 121 Å². The number of carbonyl (C=O) groups is 1. The number of benzene rings is 2. The Morgan fingerprint density at radius 2 is 1.70 bits per heavy atom. The maximum absolute atomic E-state index is 14.7. The standard InChI is InChI=1S/C26H25FIN5O4/c1-13-20-19(21(31(4)22(13)34)30-18-10-9-15(28)12-17(18)27)23(35)32(5)25(37)33(20)16-8-6-7-14(11-16)26(2,3)24(29)36/h6-12,30H,1-5H3,(H2,29,36). The molecule has 4 aromatic rings. The number of aromatic nitrogens is 3. The zero-order chi connectivity index (χ0) is 27.4. The molecule has 37 heavy (non-hydrogen) atoms. The quantitative estimate of drug-likeness (QED) is 0.334. The van der Waals surface area contributed by atoms with Gasteiger partial charge in [0.25, 0.3) is 11.1 Å². The molecule has 3 N–H and O–H groups in total. The lowest BCUT2D eigenvalue weighted by molar-refractivity contribution is -0.122. The van der Waals surface area contributed by atoms with Crippen LogP contribution in [-0.2, 0) is 24.3 Å². The van der Waals surface area contributed by atoms with E-state index in [1.54, 1.807) is 44.2 Å². The van der Waals surface area contributed by atoms with Crippen molar-refractivity contribution in [3.05, 3.63) is 94.2 Å². The van der Waals surface area contributed by atoms with Crippen molar-refractivity contribution in [2.24, 2.45) is 19.8 Å². The van der Waals surface area contributed by atoms with Crippen molar-refractivity contribution in [3.8, 4) is 5.69 Å². The molecule has 9 nitrogen and oxygen atoms in total. The van der Waals surface area contributed by atoms with Gasteiger partial charge in [0.1, 0.15) is 17.0 Å². The highest BCUT2D eigenvalue weighted by Crippen LogP contribution is 2.29. The van der Waals surface area contributed by atoms with Gasteiger partial charge in [-0.25, -0.2) is 9.18 Å². The molecule has 11 heteroatoms. The summed E-state index contributed by atoms with van der Waals surface area (Å²) in [5.41, 5.74) is 3.91. The van der Waals surface area contributed by atoms with E-state index in [4.69, 9.17) is 5.73 Å². The summed E-state index contributed by atoms with van der Waals surface area (Å²) in [6.45, 7) is 4.84. The number of nitrogens with zero attached hydrogens (tertiary/aromatic N) is 3. The zero-order valence-corrected chi connectivity index (χ0v) is 23.0. The molecule has 192 valence electrons. The highest BCUT2D eigenvalue weighted by molar-refractivity contribution is 14.1. The first-order valence-corrected chi connectivity index (χ1v) is 12.3. The van der Waals surface area contributed by atoms with Gasteiger partial charge in [0.05, 0.1) is 22.3 Å². The van der Waals surface area contributed by atoms with E-state index in [0.717, 1.165) is 4.57 Å². The minimum atomic E-state index is -1.05. The average molecular weight is 617 g/mol. The fourth-order valence-electron chi connectivity index (χ4n) is 4.18. The van der Waals surface area contributed by atoms with Crippen molar-refractivity contribution in [2.75, 3.05) is 5.32 Å². The van der Waals surface area contributed by atoms with Crippen molar-refractivity contribution in [2.45, 2.75) is 26.2 Å². The van der Waals surface area contributed by atoms with E-state index < -0.39 is 33.9 Å². The van der Waals surface area contributed by atoms with E-state index in [1.165, 1.54) is 42.3 Å². The Morgan fingerprint density at radius 3 is 2.32 bits per heavy atom. The van der Waals surface area contributed by atoms with Crippen LogP contribution in [-0.4, -0.2) is 19.6 Å². The molecule has 0 aliphatic heterocycles. The summed E-state index contributed by atoms with van der Waals surface area (Å²) in [7, 11) is 2.79. The SMILES string of the molecule is Cc1c(=O)n(C)c(Nc2ccc(I)cc2F)c2c(=O)n(C)c(=O)n(-c3cccc(C(C)(C)C(N)=O)c3)c12. The van der Waals surface area contributed by atoms with Gasteiger partial charge in [0, 0.05) is 23.2 Å². The zero-order valence-electron chi connectivity index (χ0n) is 20.8. The molecule has 2 aromatic heterocycles. The number of hydrogen-bond donors (Lipinski definition) is 2. The number of amides is 1. The predicted molar refractivity (Wildman–Crippen MR) is 149 cm³/mol. The third-order valence-electron chi connectivity index (χ3n) is 6.64. The van der Waals surface area contributed by atoms with Crippen LogP contribution >= 0.6 is 22.6 Å². The second-order valence-electron chi connectivity index (χ2n) is 9.33. The lowest BCUT2D eigenvalue weighted by atomic mass is 9.84. The van der Waals surface area contributed by atoms with E-state index in [2.05, 4.69) is 5.32 Å². The highest BCUT2D eigenvalue weighted by Gasteiger charge is 2.28. The van der Waals surface area contributed by atoms with E-state index in [-0.39, 0.29) is 28.0 Å². The number of fused-ring (bicyclic) bond motifs is 1. The Labute approximate surface area is 224 Å². The number of carbonyl (C=O) groups excluding carboxylic acids is 1. The van der Waals surface area contributed by atoms with E-state index >= 15 is 0 Å². The van der Waals surface area contributed by atoms with Gasteiger partial charge in [0.2, 0.25) is 5.91 Å². The summed E-state index contributed by atoms with van der Waals surface area (Å²) in [5.74, 6) is -1.09. The van der Waals surface area contributed by atoms with Crippen molar-refractivity contribution in [1.82, 2.24) is 13.7 Å². The monoisotopic (exact) mass is 617 g/mol.